The Morgan fingerprint density at radius 1 is 1.35 bits per heavy atom. The minimum atomic E-state index is -4.61. The van der Waals surface area contributed by atoms with Gasteiger partial charge in [-0.3, -0.25) is 9.59 Å². The van der Waals surface area contributed by atoms with Crippen molar-refractivity contribution in [1.82, 2.24) is 4.98 Å². The fourth-order valence-corrected chi connectivity index (χ4v) is 3.14. The molecule has 2 aliphatic rings. The van der Waals surface area contributed by atoms with Gasteiger partial charge in [-0.05, 0) is 31.4 Å². The number of hydrogen-bond acceptors (Lipinski definition) is 4. The molecule has 4 nitrogen and oxygen atoms in total. The lowest BCUT2D eigenvalue weighted by molar-refractivity contribution is -0.141. The molecule has 0 saturated heterocycles. The van der Waals surface area contributed by atoms with Crippen LogP contribution in [0.15, 0.2) is 23.5 Å². The molecule has 0 radical (unpaired) electrons. The zero-order valence-electron chi connectivity index (χ0n) is 12.4. The first kappa shape index (κ1) is 15.7. The highest BCUT2D eigenvalue weighted by atomic mass is 19.4. The first-order valence-electron chi connectivity index (χ1n) is 7.19. The van der Waals surface area contributed by atoms with Crippen molar-refractivity contribution in [2.75, 3.05) is 0 Å². The van der Waals surface area contributed by atoms with Gasteiger partial charge in [0.15, 0.2) is 5.78 Å². The van der Waals surface area contributed by atoms with Crippen LogP contribution in [0.25, 0.3) is 0 Å². The maximum atomic E-state index is 12.6. The molecule has 1 fully saturated rings. The van der Waals surface area contributed by atoms with E-state index in [-0.39, 0.29) is 40.3 Å². The maximum Gasteiger partial charge on any atom is 0.433 e. The Morgan fingerprint density at radius 3 is 2.57 bits per heavy atom. The molecule has 3 unspecified atom stereocenters. The molecule has 1 N–H and O–H groups in total. The van der Waals surface area contributed by atoms with Crippen LogP contribution in [0.5, 0.6) is 0 Å². The van der Waals surface area contributed by atoms with Gasteiger partial charge in [0.05, 0.1) is 0 Å². The number of aromatic nitrogens is 1. The van der Waals surface area contributed by atoms with E-state index in [1.54, 1.807) is 6.92 Å². The molecule has 3 rings (SSSR count). The number of pyridine rings is 1. The highest BCUT2D eigenvalue weighted by Crippen LogP contribution is 2.53. The number of carbonyl (C=O) groups is 2. The number of fused-ring (bicyclic) bond motifs is 1. The zero-order chi connectivity index (χ0) is 17.1. The third kappa shape index (κ3) is 2.44. The Hall–Kier alpha value is -2.18. The van der Waals surface area contributed by atoms with Crippen LogP contribution in [0, 0.1) is 24.7 Å². The molecule has 7 heteroatoms. The van der Waals surface area contributed by atoms with E-state index in [4.69, 9.17) is 0 Å². The summed E-state index contributed by atoms with van der Waals surface area (Å²) in [6.07, 6.45) is -3.95. The van der Waals surface area contributed by atoms with E-state index in [1.807, 2.05) is 0 Å². The molecule has 1 aromatic rings. The minimum absolute atomic E-state index is 0.0610. The van der Waals surface area contributed by atoms with Crippen LogP contribution in [-0.2, 0) is 11.0 Å². The number of ketones is 2. The number of halogens is 3. The minimum Gasteiger partial charge on any atom is -0.511 e. The standard InChI is InChI=1S/C16H14F3NO3/c1-6-9-5-10(9)15(23)12(13(6)21)14(22)8-3-4-11(16(17,18)19)20-7(8)2/h3-4,6,9-10,23H,5H2,1-2H3. The van der Waals surface area contributed by atoms with Crippen LogP contribution >= 0.6 is 0 Å². The van der Waals surface area contributed by atoms with E-state index in [0.29, 0.717) is 12.5 Å². The van der Waals surface area contributed by atoms with Gasteiger partial charge < -0.3 is 5.11 Å². The number of aliphatic hydroxyl groups excluding tert-OH is 1. The highest BCUT2D eigenvalue weighted by Gasteiger charge is 2.53. The smallest absolute Gasteiger partial charge is 0.433 e. The van der Waals surface area contributed by atoms with Crippen molar-refractivity contribution in [2.45, 2.75) is 26.4 Å². The largest absolute Gasteiger partial charge is 0.511 e. The molecule has 122 valence electrons. The molecule has 3 atom stereocenters. The van der Waals surface area contributed by atoms with Crippen LogP contribution in [0.2, 0.25) is 0 Å². The lowest BCUT2D eigenvalue weighted by Crippen LogP contribution is -2.28. The van der Waals surface area contributed by atoms with E-state index < -0.39 is 23.4 Å². The molecule has 0 aliphatic heterocycles. The van der Waals surface area contributed by atoms with Crippen LogP contribution in [0.4, 0.5) is 13.2 Å². The van der Waals surface area contributed by atoms with Crippen LogP contribution < -0.4 is 0 Å². The number of nitrogens with zero attached hydrogens (tertiary/aromatic N) is 1. The number of rotatable bonds is 2. The normalized spacial score (nSPS) is 27.0. The summed E-state index contributed by atoms with van der Waals surface area (Å²) in [6.45, 7) is 2.97. The van der Waals surface area contributed by atoms with Gasteiger partial charge in [0, 0.05) is 23.1 Å². The van der Waals surface area contributed by atoms with Gasteiger partial charge in [-0.2, -0.15) is 13.2 Å². The Morgan fingerprint density at radius 2 is 2.00 bits per heavy atom. The van der Waals surface area contributed by atoms with Crippen molar-refractivity contribution < 1.29 is 27.9 Å². The molecule has 1 aromatic heterocycles. The van der Waals surface area contributed by atoms with Gasteiger partial charge in [-0.25, -0.2) is 4.98 Å². The topological polar surface area (TPSA) is 67.3 Å². The van der Waals surface area contributed by atoms with Gasteiger partial charge in [0.2, 0.25) is 5.78 Å². The number of Topliss-reactive ketones (excluding diaryl/α,β-unsaturated/α-hetero) is 2. The first-order chi connectivity index (χ1) is 10.6. The molecule has 23 heavy (non-hydrogen) atoms. The van der Waals surface area contributed by atoms with E-state index >= 15 is 0 Å². The lowest BCUT2D eigenvalue weighted by atomic mass is 9.83. The zero-order valence-corrected chi connectivity index (χ0v) is 12.4. The molecule has 2 aliphatic carbocycles. The monoisotopic (exact) mass is 325 g/mol. The Bertz CT molecular complexity index is 751. The Balaban J connectivity index is 2.01. The Labute approximate surface area is 130 Å². The average Bonchev–Trinajstić information content (AvgIpc) is 3.24. The molecule has 0 amide bonds. The summed E-state index contributed by atoms with van der Waals surface area (Å²) in [5, 5.41) is 10.1. The van der Waals surface area contributed by atoms with Gasteiger partial charge in [-0.15, -0.1) is 0 Å². The van der Waals surface area contributed by atoms with Gasteiger partial charge in [-0.1, -0.05) is 6.92 Å². The van der Waals surface area contributed by atoms with Crippen molar-refractivity contribution in [1.29, 1.82) is 0 Å². The molecule has 1 heterocycles. The molecule has 0 bridgehead atoms. The van der Waals surface area contributed by atoms with Crippen LogP contribution in [-0.4, -0.2) is 21.7 Å². The van der Waals surface area contributed by atoms with Crippen molar-refractivity contribution in [3.63, 3.8) is 0 Å². The highest BCUT2D eigenvalue weighted by molar-refractivity contribution is 6.28. The Kier molecular flexibility index (Phi) is 3.35. The average molecular weight is 325 g/mol. The third-order valence-corrected chi connectivity index (χ3v) is 4.60. The number of hydrogen-bond donors (Lipinski definition) is 1. The summed E-state index contributed by atoms with van der Waals surface area (Å²) < 4.78 is 37.9. The summed E-state index contributed by atoms with van der Waals surface area (Å²) in [7, 11) is 0. The number of aliphatic hydroxyl groups is 1. The fourth-order valence-electron chi connectivity index (χ4n) is 3.14. The number of carbonyl (C=O) groups excluding carboxylic acids is 2. The molecule has 1 saturated carbocycles. The molecule has 0 spiro atoms. The number of allylic oxidation sites excluding steroid dienone is 2. The van der Waals surface area contributed by atoms with Gasteiger partial charge in [0.1, 0.15) is 17.0 Å². The second-order valence-electron chi connectivity index (χ2n) is 6.08. The predicted molar refractivity (Wildman–Crippen MR) is 73.7 cm³/mol. The van der Waals surface area contributed by atoms with E-state index in [2.05, 4.69) is 4.98 Å². The van der Waals surface area contributed by atoms with Crippen molar-refractivity contribution in [3.8, 4) is 0 Å². The summed E-state index contributed by atoms with van der Waals surface area (Å²) >= 11 is 0. The summed E-state index contributed by atoms with van der Waals surface area (Å²) in [5.74, 6) is -1.94. The van der Waals surface area contributed by atoms with Crippen molar-refractivity contribution in [3.05, 3.63) is 40.4 Å². The number of alkyl halides is 3. The molecular weight excluding hydrogens is 311 g/mol. The van der Waals surface area contributed by atoms with E-state index in [9.17, 15) is 27.9 Å². The predicted octanol–water partition coefficient (Wildman–Crippen LogP) is 3.26. The van der Waals surface area contributed by atoms with E-state index in [1.165, 1.54) is 6.92 Å². The maximum absolute atomic E-state index is 12.6. The lowest BCUT2D eigenvalue weighted by Gasteiger charge is -2.19. The van der Waals surface area contributed by atoms with Gasteiger partial charge in [0.25, 0.3) is 0 Å². The second kappa shape index (κ2) is 4.91. The first-order valence-corrected chi connectivity index (χ1v) is 7.19. The van der Waals surface area contributed by atoms with Crippen LogP contribution in [0.3, 0.4) is 0 Å². The fraction of sp³-hybridized carbons (Fsp3) is 0.438. The summed E-state index contributed by atoms with van der Waals surface area (Å²) in [6, 6.07) is 1.71. The van der Waals surface area contributed by atoms with E-state index in [0.717, 1.165) is 6.07 Å². The second-order valence-corrected chi connectivity index (χ2v) is 6.08. The molecule has 0 aromatic carbocycles. The third-order valence-electron chi connectivity index (χ3n) is 4.60. The van der Waals surface area contributed by atoms with Crippen molar-refractivity contribution >= 4 is 11.6 Å². The van der Waals surface area contributed by atoms with Crippen molar-refractivity contribution in [2.24, 2.45) is 17.8 Å². The number of aryl methyl sites for hydroxylation is 1. The quantitative estimate of drug-likeness (QED) is 0.669. The summed E-state index contributed by atoms with van der Waals surface area (Å²) in [4.78, 5) is 28.2. The van der Waals surface area contributed by atoms with Gasteiger partial charge >= 0.3 is 6.18 Å². The van der Waals surface area contributed by atoms with Crippen LogP contribution in [0.1, 0.15) is 35.1 Å². The summed E-state index contributed by atoms with van der Waals surface area (Å²) in [5.41, 5.74) is -1.63. The SMILES string of the molecule is Cc1nc(C(F)(F)F)ccc1C(=O)C1=C(O)C2CC2C(C)C1=O. The molecular formula is C16H14F3NO3.